The second-order valence-electron chi connectivity index (χ2n) is 4.77. The first-order valence-electron chi connectivity index (χ1n) is 6.08. The minimum absolute atomic E-state index is 0.118. The van der Waals surface area contributed by atoms with Crippen molar-refractivity contribution >= 4 is 10.0 Å². The van der Waals surface area contributed by atoms with Crippen molar-refractivity contribution in [2.24, 2.45) is 5.92 Å². The largest absolute Gasteiger partial charge is 0.316 e. The summed E-state index contributed by atoms with van der Waals surface area (Å²) in [6.07, 6.45) is 0.642. The van der Waals surface area contributed by atoms with Gasteiger partial charge in [-0.25, -0.2) is 21.9 Å². The van der Waals surface area contributed by atoms with E-state index < -0.39 is 26.6 Å². The Morgan fingerprint density at radius 1 is 1.37 bits per heavy atom. The van der Waals surface area contributed by atoms with Gasteiger partial charge in [-0.3, -0.25) is 0 Å². The van der Waals surface area contributed by atoms with Crippen LogP contribution >= 0.6 is 0 Å². The molecule has 0 unspecified atom stereocenters. The highest BCUT2D eigenvalue weighted by molar-refractivity contribution is 7.89. The molecule has 0 amide bonds. The molecule has 2 N–H and O–H groups in total. The third-order valence-electron chi connectivity index (χ3n) is 3.28. The predicted octanol–water partition coefficient (Wildman–Crippen LogP) is 1.24. The van der Waals surface area contributed by atoms with E-state index in [1.165, 1.54) is 0 Å². The molecule has 19 heavy (non-hydrogen) atoms. The normalized spacial score (nSPS) is 24.4. The molecule has 4 nitrogen and oxygen atoms in total. The van der Waals surface area contributed by atoms with Crippen molar-refractivity contribution in [2.75, 3.05) is 13.1 Å². The Bertz CT molecular complexity index is 563. The van der Waals surface area contributed by atoms with Crippen LogP contribution in [0.2, 0.25) is 0 Å². The summed E-state index contributed by atoms with van der Waals surface area (Å²) in [7, 11) is -3.96. The van der Waals surface area contributed by atoms with Crippen LogP contribution in [-0.4, -0.2) is 27.5 Å². The van der Waals surface area contributed by atoms with E-state index in [-0.39, 0.29) is 12.0 Å². The van der Waals surface area contributed by atoms with E-state index >= 15 is 0 Å². The van der Waals surface area contributed by atoms with Crippen molar-refractivity contribution in [2.45, 2.75) is 24.3 Å². The maximum Gasteiger partial charge on any atom is 0.243 e. The molecule has 1 aromatic carbocycles. The van der Waals surface area contributed by atoms with Crippen LogP contribution in [0.25, 0.3) is 0 Å². The van der Waals surface area contributed by atoms with Gasteiger partial charge in [0.05, 0.1) is 0 Å². The minimum Gasteiger partial charge on any atom is -0.316 e. The van der Waals surface area contributed by atoms with Crippen molar-refractivity contribution in [1.82, 2.24) is 10.0 Å². The molecule has 1 saturated heterocycles. The number of benzene rings is 1. The van der Waals surface area contributed by atoms with Gasteiger partial charge in [0.15, 0.2) is 0 Å². The number of nitrogens with one attached hydrogen (secondary N) is 2. The molecule has 1 aliphatic heterocycles. The quantitative estimate of drug-likeness (QED) is 0.880. The average molecular weight is 290 g/mol. The van der Waals surface area contributed by atoms with Crippen molar-refractivity contribution in [3.05, 3.63) is 29.8 Å². The standard InChI is InChI=1S/C12H16F2N2O2S/c1-8-7-15-5-4-11(8)16-19(17,18)12-3-2-9(13)6-10(12)14/h2-3,6,8,11,15-16H,4-5,7H2,1H3/t8-,11+/m0/s1. The van der Waals surface area contributed by atoms with Gasteiger partial charge < -0.3 is 5.32 Å². The molecule has 1 aliphatic rings. The van der Waals surface area contributed by atoms with Gasteiger partial charge in [-0.05, 0) is 37.6 Å². The molecule has 1 fully saturated rings. The zero-order chi connectivity index (χ0) is 14.0. The molecule has 1 heterocycles. The summed E-state index contributed by atoms with van der Waals surface area (Å²) in [5.74, 6) is -1.76. The molecule has 0 aromatic heterocycles. The van der Waals surface area contributed by atoms with Crippen LogP contribution in [0.3, 0.4) is 0 Å². The minimum atomic E-state index is -3.96. The second-order valence-corrected chi connectivity index (χ2v) is 6.46. The number of rotatable bonds is 3. The first-order chi connectivity index (χ1) is 8.90. The Morgan fingerprint density at radius 2 is 2.11 bits per heavy atom. The van der Waals surface area contributed by atoms with Crippen LogP contribution < -0.4 is 10.0 Å². The van der Waals surface area contributed by atoms with E-state index in [0.717, 1.165) is 12.1 Å². The Balaban J connectivity index is 2.22. The molecule has 0 bridgehead atoms. The molecule has 106 valence electrons. The topological polar surface area (TPSA) is 58.2 Å². The lowest BCUT2D eigenvalue weighted by Crippen LogP contribution is -2.48. The summed E-state index contributed by atoms with van der Waals surface area (Å²) in [5.41, 5.74) is 0. The van der Waals surface area contributed by atoms with Crippen LogP contribution in [0, 0.1) is 17.6 Å². The Labute approximate surface area is 111 Å². The molecular formula is C12H16F2N2O2S. The smallest absolute Gasteiger partial charge is 0.243 e. The van der Waals surface area contributed by atoms with E-state index in [1.807, 2.05) is 6.92 Å². The summed E-state index contributed by atoms with van der Waals surface area (Å²) < 4.78 is 53.0. The SMILES string of the molecule is C[C@H]1CNCC[C@H]1NS(=O)(=O)c1ccc(F)cc1F. The van der Waals surface area contributed by atoms with Gasteiger partial charge in [-0.15, -0.1) is 0 Å². The molecule has 1 aromatic rings. The fourth-order valence-corrected chi connectivity index (χ4v) is 3.58. The second kappa shape index (κ2) is 5.52. The summed E-state index contributed by atoms with van der Waals surface area (Å²) in [6, 6.07) is 2.21. The molecule has 2 rings (SSSR count). The number of piperidine rings is 1. The molecule has 2 atom stereocenters. The number of halogens is 2. The van der Waals surface area contributed by atoms with Crippen molar-refractivity contribution in [1.29, 1.82) is 0 Å². The summed E-state index contributed by atoms with van der Waals surface area (Å²) in [4.78, 5) is -0.514. The lowest BCUT2D eigenvalue weighted by molar-refractivity contribution is 0.327. The third kappa shape index (κ3) is 3.29. The van der Waals surface area contributed by atoms with Crippen molar-refractivity contribution in [3.63, 3.8) is 0 Å². The Kier molecular flexibility index (Phi) is 4.17. The van der Waals surface area contributed by atoms with Gasteiger partial charge in [-0.2, -0.15) is 0 Å². The monoisotopic (exact) mass is 290 g/mol. The van der Waals surface area contributed by atoms with Gasteiger partial charge >= 0.3 is 0 Å². The van der Waals surface area contributed by atoms with E-state index in [2.05, 4.69) is 10.0 Å². The molecule has 7 heteroatoms. The van der Waals surface area contributed by atoms with E-state index in [0.29, 0.717) is 25.6 Å². The third-order valence-corrected chi connectivity index (χ3v) is 4.80. The average Bonchev–Trinajstić information content (AvgIpc) is 2.31. The maximum absolute atomic E-state index is 13.5. The molecule has 0 radical (unpaired) electrons. The molecular weight excluding hydrogens is 274 g/mol. The van der Waals surface area contributed by atoms with Crippen LogP contribution in [-0.2, 0) is 10.0 Å². The van der Waals surface area contributed by atoms with Crippen LogP contribution in [0.1, 0.15) is 13.3 Å². The lowest BCUT2D eigenvalue weighted by Gasteiger charge is -2.29. The highest BCUT2D eigenvalue weighted by atomic mass is 32.2. The molecule has 0 aliphatic carbocycles. The van der Waals surface area contributed by atoms with Gasteiger partial charge in [0.2, 0.25) is 10.0 Å². The zero-order valence-electron chi connectivity index (χ0n) is 10.5. The molecule has 0 saturated carbocycles. The van der Waals surface area contributed by atoms with Crippen LogP contribution in [0.15, 0.2) is 23.1 Å². The Hall–Kier alpha value is -1.05. The van der Waals surface area contributed by atoms with Crippen molar-refractivity contribution < 1.29 is 17.2 Å². The van der Waals surface area contributed by atoms with Gasteiger partial charge in [0.1, 0.15) is 16.5 Å². The van der Waals surface area contributed by atoms with E-state index in [9.17, 15) is 17.2 Å². The predicted molar refractivity (Wildman–Crippen MR) is 67.1 cm³/mol. The summed E-state index contributed by atoms with van der Waals surface area (Å²) in [6.45, 7) is 3.34. The van der Waals surface area contributed by atoms with Crippen molar-refractivity contribution in [3.8, 4) is 0 Å². The Morgan fingerprint density at radius 3 is 2.74 bits per heavy atom. The van der Waals surface area contributed by atoms with Gasteiger partial charge in [0.25, 0.3) is 0 Å². The van der Waals surface area contributed by atoms with Crippen LogP contribution in [0.5, 0.6) is 0 Å². The lowest BCUT2D eigenvalue weighted by atomic mass is 9.97. The first-order valence-corrected chi connectivity index (χ1v) is 7.56. The number of sulfonamides is 1. The van der Waals surface area contributed by atoms with E-state index in [1.54, 1.807) is 0 Å². The number of hydrogen-bond donors (Lipinski definition) is 2. The number of hydrogen-bond acceptors (Lipinski definition) is 3. The van der Waals surface area contributed by atoms with E-state index in [4.69, 9.17) is 0 Å². The summed E-state index contributed by atoms with van der Waals surface area (Å²) >= 11 is 0. The summed E-state index contributed by atoms with van der Waals surface area (Å²) in [5, 5.41) is 3.15. The van der Waals surface area contributed by atoms with Crippen LogP contribution in [0.4, 0.5) is 8.78 Å². The highest BCUT2D eigenvalue weighted by Gasteiger charge is 2.28. The fraction of sp³-hybridized carbons (Fsp3) is 0.500. The maximum atomic E-state index is 13.5. The zero-order valence-corrected chi connectivity index (χ0v) is 11.3. The highest BCUT2D eigenvalue weighted by Crippen LogP contribution is 2.18. The van der Waals surface area contributed by atoms with Gasteiger partial charge in [0, 0.05) is 12.1 Å². The first kappa shape index (κ1) is 14.4. The molecule has 0 spiro atoms. The fourth-order valence-electron chi connectivity index (χ4n) is 2.15. The van der Waals surface area contributed by atoms with Gasteiger partial charge in [-0.1, -0.05) is 6.92 Å².